The molecule has 0 fully saturated rings. The van der Waals surface area contributed by atoms with Gasteiger partial charge in [-0.05, 0) is 109 Å². The van der Waals surface area contributed by atoms with Crippen molar-refractivity contribution in [2.75, 3.05) is 28.4 Å². The summed E-state index contributed by atoms with van der Waals surface area (Å²) in [6.45, 7) is 2.23. The van der Waals surface area contributed by atoms with Crippen LogP contribution < -0.4 is 18.9 Å². The zero-order valence-corrected chi connectivity index (χ0v) is 31.3. The number of carbonyl (C=O) groups excluding carboxylic acids is 1. The first-order valence-electron chi connectivity index (χ1n) is 18.2. The Morgan fingerprint density at radius 2 is 1.06 bits per heavy atom. The van der Waals surface area contributed by atoms with Crippen LogP contribution in [0.25, 0.3) is 74.7 Å². The fourth-order valence-electron chi connectivity index (χ4n) is 7.10. The summed E-state index contributed by atoms with van der Waals surface area (Å²) >= 11 is 0. The molecule has 0 unspecified atom stereocenters. The number of nitrogens with one attached hydrogen (secondary N) is 2. The van der Waals surface area contributed by atoms with E-state index in [2.05, 4.69) is 41.2 Å². The molecule has 0 radical (unpaired) electrons. The first kappa shape index (κ1) is 36.0. The third kappa shape index (κ3) is 7.30. The van der Waals surface area contributed by atoms with Gasteiger partial charge in [0.15, 0.2) is 0 Å². The van der Waals surface area contributed by atoms with E-state index in [1.807, 2.05) is 60.7 Å². The molecule has 2 aromatic carbocycles. The van der Waals surface area contributed by atoms with Crippen LogP contribution >= 0.6 is 0 Å². The number of aromatic amines is 2. The number of allylic oxidation sites excluding steroid dienone is 1. The third-order valence-corrected chi connectivity index (χ3v) is 9.81. The van der Waals surface area contributed by atoms with E-state index < -0.39 is 0 Å². The molecule has 2 aliphatic rings. The number of fused-ring (bicyclic) bond motifs is 8. The van der Waals surface area contributed by atoms with Crippen LogP contribution in [0.15, 0.2) is 66.7 Å². The fourth-order valence-corrected chi connectivity index (χ4v) is 7.10. The Morgan fingerprint density at radius 3 is 1.59 bits per heavy atom. The Bertz CT molecular complexity index is 2370. The van der Waals surface area contributed by atoms with Gasteiger partial charge in [-0.1, -0.05) is 26.2 Å². The van der Waals surface area contributed by atoms with Gasteiger partial charge in [0.1, 0.15) is 29.3 Å². The minimum atomic E-state index is 0.667. The monoisotopic (exact) mass is 720 g/mol. The van der Waals surface area contributed by atoms with E-state index in [4.69, 9.17) is 28.9 Å². The highest BCUT2D eigenvalue weighted by atomic mass is 16.5. The molecule has 274 valence electrons. The normalized spacial score (nSPS) is 12.0. The Labute approximate surface area is 315 Å². The summed E-state index contributed by atoms with van der Waals surface area (Å²) in [6, 6.07) is 20.0. The summed E-state index contributed by atoms with van der Waals surface area (Å²) in [5.41, 5.74) is 12.1. The lowest BCUT2D eigenvalue weighted by Gasteiger charge is -2.10. The highest BCUT2D eigenvalue weighted by Crippen LogP contribution is 2.38. The molecule has 3 aromatic heterocycles. The van der Waals surface area contributed by atoms with E-state index in [-0.39, 0.29) is 0 Å². The van der Waals surface area contributed by atoms with E-state index in [0.29, 0.717) is 28.7 Å². The van der Waals surface area contributed by atoms with Crippen LogP contribution in [0.1, 0.15) is 66.5 Å². The molecule has 0 aliphatic carbocycles. The van der Waals surface area contributed by atoms with E-state index >= 15 is 0 Å². The number of ether oxygens (including phenoxy) is 4. The summed E-state index contributed by atoms with van der Waals surface area (Å²) in [7, 11) is 6.59. The lowest BCUT2D eigenvalue weighted by molar-refractivity contribution is -0.104. The molecule has 0 amide bonds. The number of H-pyrrole nitrogens is 2. The van der Waals surface area contributed by atoms with Crippen molar-refractivity contribution in [3.63, 3.8) is 0 Å². The highest BCUT2D eigenvalue weighted by Gasteiger charge is 2.19. The molecule has 2 N–H and O–H groups in total. The number of aromatic nitrogens is 4. The lowest BCUT2D eigenvalue weighted by atomic mass is 10.0. The molecule has 0 saturated heterocycles. The molecule has 0 saturated carbocycles. The van der Waals surface area contributed by atoms with E-state index in [9.17, 15) is 4.79 Å². The minimum absolute atomic E-state index is 0.667. The largest absolute Gasteiger partial charge is 0.497 e. The molecular formula is C45H44N4O5. The Balaban J connectivity index is 1.63. The summed E-state index contributed by atoms with van der Waals surface area (Å²) in [5.74, 6) is 2.67. The van der Waals surface area contributed by atoms with Crippen molar-refractivity contribution in [2.24, 2.45) is 0 Å². The maximum atomic E-state index is 11.7. The van der Waals surface area contributed by atoms with Gasteiger partial charge in [-0.25, -0.2) is 9.97 Å². The second-order valence-electron chi connectivity index (χ2n) is 13.2. The van der Waals surface area contributed by atoms with Gasteiger partial charge >= 0.3 is 0 Å². The van der Waals surface area contributed by atoms with E-state index in [0.717, 1.165) is 104 Å². The molecule has 9 heteroatoms. The van der Waals surface area contributed by atoms with Gasteiger partial charge in [0.2, 0.25) is 0 Å². The van der Waals surface area contributed by atoms with Gasteiger partial charge < -0.3 is 28.9 Å². The van der Waals surface area contributed by atoms with Crippen LogP contribution in [-0.2, 0) is 11.2 Å². The van der Waals surface area contributed by atoms with Gasteiger partial charge in [-0.15, -0.1) is 0 Å². The minimum Gasteiger partial charge on any atom is -0.497 e. The summed E-state index contributed by atoms with van der Waals surface area (Å²) < 4.78 is 22.8. The van der Waals surface area contributed by atoms with Crippen molar-refractivity contribution >= 4 is 58.7 Å². The second-order valence-corrected chi connectivity index (χ2v) is 13.2. The number of rotatable bonds is 13. The first-order valence-corrected chi connectivity index (χ1v) is 18.2. The Morgan fingerprint density at radius 1 is 0.574 bits per heavy atom. The fraction of sp³-hybridized carbons (Fsp3) is 0.222. The Kier molecular flexibility index (Phi) is 10.8. The zero-order chi connectivity index (χ0) is 37.6. The zero-order valence-electron chi connectivity index (χ0n) is 31.3. The molecule has 8 bridgehead atoms. The summed E-state index contributed by atoms with van der Waals surface area (Å²) in [5, 5.41) is 0. The number of aldehydes is 1. The van der Waals surface area contributed by atoms with Crippen molar-refractivity contribution in [1.29, 1.82) is 0 Å². The van der Waals surface area contributed by atoms with Crippen molar-refractivity contribution in [3.05, 3.63) is 101 Å². The van der Waals surface area contributed by atoms with Crippen molar-refractivity contribution in [3.8, 4) is 45.3 Å². The van der Waals surface area contributed by atoms with Crippen LogP contribution in [-0.4, -0.2) is 54.7 Å². The SMILES string of the molecule is CCCCCCc1c2nc(c(-c3cc(OC)cc(OC)c3)c3ccc([nH]3)c(/C=C/C=O)c3nc(c(-c4cc(OC)cc(OC)c4)c4ccc1[nH]4)C=C3)C=C2. The predicted octanol–water partition coefficient (Wildman–Crippen LogP) is 10.4. The maximum absolute atomic E-state index is 11.7. The quantitative estimate of drug-likeness (QED) is 0.0693. The molecular weight excluding hydrogens is 677 g/mol. The molecule has 0 spiro atoms. The first-order chi connectivity index (χ1) is 26.5. The number of carbonyl (C=O) groups is 1. The number of unbranched alkanes of at least 4 members (excludes halogenated alkanes) is 3. The summed E-state index contributed by atoms with van der Waals surface area (Å²) in [6.07, 6.45) is 17.6. The molecule has 2 aliphatic heterocycles. The van der Waals surface area contributed by atoms with E-state index in [1.165, 1.54) is 12.5 Å². The third-order valence-electron chi connectivity index (χ3n) is 9.81. The summed E-state index contributed by atoms with van der Waals surface area (Å²) in [4.78, 5) is 29.7. The number of benzene rings is 2. The maximum Gasteiger partial charge on any atom is 0.142 e. The average molecular weight is 721 g/mol. The van der Waals surface area contributed by atoms with Gasteiger partial charge in [0.05, 0.1) is 51.2 Å². The van der Waals surface area contributed by atoms with Crippen LogP contribution in [0.5, 0.6) is 23.0 Å². The standard InChI is InChI=1S/C45H44N4O5/c1-6-7-8-9-11-34-36-13-17-40(46-36)44(28-22-30(51-2)26-31(23-28)52-3)42-19-15-38(48-42)35(12-10-21-50)39-16-20-43(49-39)45(41-18-14-37(34)47-41)29-24-32(53-4)27-33(25-29)54-5/h10,12-27,46,49H,6-9,11H2,1-5H3/b12-10+,36-34?,37-34?,38-35?,39-35?,44-40?,44-42?,45-41?,45-43?. The lowest BCUT2D eigenvalue weighted by Crippen LogP contribution is -1.94. The molecule has 7 rings (SSSR count). The Hall–Kier alpha value is -6.35. The van der Waals surface area contributed by atoms with Crippen molar-refractivity contribution in [1.82, 2.24) is 19.9 Å². The topological polar surface area (TPSA) is 111 Å². The number of nitrogens with zero attached hydrogens (tertiary/aromatic N) is 2. The van der Waals surface area contributed by atoms with Crippen LogP contribution in [0, 0.1) is 0 Å². The number of aryl methyl sites for hydroxylation is 1. The molecule has 0 atom stereocenters. The smallest absolute Gasteiger partial charge is 0.142 e. The van der Waals surface area contributed by atoms with Crippen LogP contribution in [0.4, 0.5) is 0 Å². The van der Waals surface area contributed by atoms with Crippen molar-refractivity contribution in [2.45, 2.75) is 39.0 Å². The number of hydrogen-bond donors (Lipinski definition) is 2. The average Bonchev–Trinajstić information content (AvgIpc) is 4.05. The molecule has 9 nitrogen and oxygen atoms in total. The molecule has 5 heterocycles. The van der Waals surface area contributed by atoms with Gasteiger partial charge in [0, 0.05) is 56.5 Å². The molecule has 54 heavy (non-hydrogen) atoms. The van der Waals surface area contributed by atoms with Gasteiger partial charge in [-0.3, -0.25) is 4.79 Å². The van der Waals surface area contributed by atoms with Crippen LogP contribution in [0.3, 0.4) is 0 Å². The van der Waals surface area contributed by atoms with E-state index in [1.54, 1.807) is 34.5 Å². The predicted molar refractivity (Wildman–Crippen MR) is 219 cm³/mol. The molecule has 5 aromatic rings. The second kappa shape index (κ2) is 16.1. The van der Waals surface area contributed by atoms with Crippen LogP contribution in [0.2, 0.25) is 0 Å². The van der Waals surface area contributed by atoms with Gasteiger partial charge in [0.25, 0.3) is 0 Å². The van der Waals surface area contributed by atoms with Gasteiger partial charge in [-0.2, -0.15) is 0 Å². The number of hydrogen-bond acceptors (Lipinski definition) is 7. The highest BCUT2D eigenvalue weighted by molar-refractivity contribution is 5.96. The van der Waals surface area contributed by atoms with Crippen molar-refractivity contribution < 1.29 is 23.7 Å². The number of methoxy groups -OCH3 is 4.